The topological polar surface area (TPSA) is 43.8 Å². The van der Waals surface area contributed by atoms with E-state index in [9.17, 15) is 0 Å². The first-order valence-corrected chi connectivity index (χ1v) is 5.84. The second-order valence-corrected chi connectivity index (χ2v) is 4.36. The highest BCUT2D eigenvalue weighted by Crippen LogP contribution is 2.23. The Morgan fingerprint density at radius 3 is 2.40 bits per heavy atom. The zero-order valence-corrected chi connectivity index (χ0v) is 10.3. The van der Waals surface area contributed by atoms with Gasteiger partial charge in [-0.15, -0.1) is 0 Å². The number of aromatic nitrogens is 2. The lowest BCUT2D eigenvalue weighted by Gasteiger charge is -2.18. The van der Waals surface area contributed by atoms with Crippen LogP contribution in [0.15, 0.2) is 6.07 Å². The molecular formula is C12H23N3. The SMILES string of the molecule is CCC(CC)CC(N)c1cc(C)nn1C. The molecule has 1 heterocycles. The molecule has 0 aliphatic carbocycles. The van der Waals surface area contributed by atoms with Crippen LogP contribution in [-0.2, 0) is 7.05 Å². The number of aryl methyl sites for hydroxylation is 2. The summed E-state index contributed by atoms with van der Waals surface area (Å²) in [5.41, 5.74) is 8.40. The molecule has 2 N–H and O–H groups in total. The van der Waals surface area contributed by atoms with Gasteiger partial charge in [0.15, 0.2) is 0 Å². The average Bonchev–Trinajstić information content (AvgIpc) is 2.54. The van der Waals surface area contributed by atoms with Gasteiger partial charge in [-0.3, -0.25) is 4.68 Å². The summed E-state index contributed by atoms with van der Waals surface area (Å²) in [5, 5.41) is 4.33. The number of hydrogen-bond acceptors (Lipinski definition) is 2. The summed E-state index contributed by atoms with van der Waals surface area (Å²) in [6.07, 6.45) is 3.48. The van der Waals surface area contributed by atoms with Gasteiger partial charge in [-0.05, 0) is 25.3 Å². The van der Waals surface area contributed by atoms with Crippen LogP contribution in [-0.4, -0.2) is 9.78 Å². The molecule has 3 nitrogen and oxygen atoms in total. The molecule has 0 saturated heterocycles. The third-order valence-electron chi connectivity index (χ3n) is 3.16. The van der Waals surface area contributed by atoms with Crippen LogP contribution in [0.5, 0.6) is 0 Å². The Morgan fingerprint density at radius 2 is 2.00 bits per heavy atom. The second-order valence-electron chi connectivity index (χ2n) is 4.36. The highest BCUT2D eigenvalue weighted by molar-refractivity contribution is 5.12. The molecule has 0 aliphatic heterocycles. The van der Waals surface area contributed by atoms with Crippen LogP contribution in [0.1, 0.15) is 50.5 Å². The third-order valence-corrected chi connectivity index (χ3v) is 3.16. The molecule has 0 fully saturated rings. The van der Waals surface area contributed by atoms with Gasteiger partial charge in [-0.2, -0.15) is 5.10 Å². The minimum Gasteiger partial charge on any atom is -0.323 e. The lowest BCUT2D eigenvalue weighted by atomic mass is 9.94. The van der Waals surface area contributed by atoms with Crippen molar-refractivity contribution in [1.82, 2.24) is 9.78 Å². The minimum absolute atomic E-state index is 0.126. The van der Waals surface area contributed by atoms with Crippen molar-refractivity contribution in [3.63, 3.8) is 0 Å². The molecule has 86 valence electrons. The van der Waals surface area contributed by atoms with E-state index in [2.05, 4.69) is 25.0 Å². The van der Waals surface area contributed by atoms with Crippen LogP contribution in [0.25, 0.3) is 0 Å². The van der Waals surface area contributed by atoms with Crippen LogP contribution in [0.2, 0.25) is 0 Å². The van der Waals surface area contributed by atoms with E-state index >= 15 is 0 Å². The van der Waals surface area contributed by atoms with E-state index in [0.717, 1.165) is 23.7 Å². The van der Waals surface area contributed by atoms with Crippen molar-refractivity contribution >= 4 is 0 Å². The van der Waals surface area contributed by atoms with Gasteiger partial charge in [0.25, 0.3) is 0 Å². The van der Waals surface area contributed by atoms with E-state index in [4.69, 9.17) is 5.73 Å². The van der Waals surface area contributed by atoms with Gasteiger partial charge >= 0.3 is 0 Å². The summed E-state index contributed by atoms with van der Waals surface area (Å²) < 4.78 is 1.91. The summed E-state index contributed by atoms with van der Waals surface area (Å²) in [4.78, 5) is 0. The highest BCUT2D eigenvalue weighted by atomic mass is 15.3. The number of hydrogen-bond donors (Lipinski definition) is 1. The molecule has 0 aliphatic rings. The maximum absolute atomic E-state index is 6.20. The van der Waals surface area contributed by atoms with Gasteiger partial charge in [0.2, 0.25) is 0 Å². The average molecular weight is 209 g/mol. The molecule has 0 spiro atoms. The Hall–Kier alpha value is -0.830. The molecule has 1 unspecified atom stereocenters. The number of rotatable bonds is 5. The monoisotopic (exact) mass is 209 g/mol. The van der Waals surface area contributed by atoms with E-state index in [0.29, 0.717) is 0 Å². The fourth-order valence-corrected chi connectivity index (χ4v) is 2.08. The third kappa shape index (κ3) is 3.06. The van der Waals surface area contributed by atoms with Crippen LogP contribution < -0.4 is 5.73 Å². The van der Waals surface area contributed by atoms with Crippen molar-refractivity contribution in [3.05, 3.63) is 17.5 Å². The first kappa shape index (κ1) is 12.2. The lowest BCUT2D eigenvalue weighted by Crippen LogP contribution is -2.18. The fraction of sp³-hybridized carbons (Fsp3) is 0.750. The van der Waals surface area contributed by atoms with Crippen LogP contribution in [0.4, 0.5) is 0 Å². The summed E-state index contributed by atoms with van der Waals surface area (Å²) in [5.74, 6) is 0.732. The molecule has 3 heteroatoms. The Kier molecular flexibility index (Phi) is 4.33. The van der Waals surface area contributed by atoms with Crippen molar-refractivity contribution in [2.24, 2.45) is 18.7 Å². The summed E-state index contributed by atoms with van der Waals surface area (Å²) in [6.45, 7) is 6.47. The molecule has 1 aromatic heterocycles. The predicted octanol–water partition coefficient (Wildman–Crippen LogP) is 2.55. The lowest BCUT2D eigenvalue weighted by molar-refractivity contribution is 0.404. The second kappa shape index (κ2) is 5.31. The van der Waals surface area contributed by atoms with Crippen LogP contribution in [0, 0.1) is 12.8 Å². The number of nitrogens with two attached hydrogens (primary N) is 1. The van der Waals surface area contributed by atoms with E-state index in [-0.39, 0.29) is 6.04 Å². The van der Waals surface area contributed by atoms with Crippen LogP contribution in [0.3, 0.4) is 0 Å². The first-order chi connectivity index (χ1) is 7.08. The van der Waals surface area contributed by atoms with Crippen molar-refractivity contribution in [2.45, 2.75) is 46.1 Å². The molecule has 15 heavy (non-hydrogen) atoms. The molecule has 1 atom stereocenters. The Labute approximate surface area is 92.7 Å². The zero-order valence-electron chi connectivity index (χ0n) is 10.3. The maximum Gasteiger partial charge on any atom is 0.0597 e. The summed E-state index contributed by atoms with van der Waals surface area (Å²) in [6, 6.07) is 2.22. The highest BCUT2D eigenvalue weighted by Gasteiger charge is 2.15. The maximum atomic E-state index is 6.20. The molecule has 1 rings (SSSR count). The van der Waals surface area contributed by atoms with E-state index < -0.39 is 0 Å². The van der Waals surface area contributed by atoms with E-state index in [1.165, 1.54) is 12.8 Å². The molecular weight excluding hydrogens is 186 g/mol. The van der Waals surface area contributed by atoms with Crippen molar-refractivity contribution in [1.29, 1.82) is 0 Å². The van der Waals surface area contributed by atoms with Gasteiger partial charge in [0.1, 0.15) is 0 Å². The first-order valence-electron chi connectivity index (χ1n) is 5.84. The minimum atomic E-state index is 0.126. The summed E-state index contributed by atoms with van der Waals surface area (Å²) in [7, 11) is 1.97. The van der Waals surface area contributed by atoms with Gasteiger partial charge in [0, 0.05) is 13.1 Å². The normalized spacial score (nSPS) is 13.5. The van der Waals surface area contributed by atoms with Gasteiger partial charge in [0.05, 0.1) is 11.4 Å². The van der Waals surface area contributed by atoms with Gasteiger partial charge < -0.3 is 5.73 Å². The Bertz CT molecular complexity index is 300. The number of nitrogens with zero attached hydrogens (tertiary/aromatic N) is 2. The van der Waals surface area contributed by atoms with Gasteiger partial charge in [-0.1, -0.05) is 26.7 Å². The van der Waals surface area contributed by atoms with Crippen LogP contribution >= 0.6 is 0 Å². The molecule has 1 aromatic rings. The quantitative estimate of drug-likeness (QED) is 0.810. The molecule has 0 amide bonds. The predicted molar refractivity (Wildman–Crippen MR) is 63.6 cm³/mol. The van der Waals surface area contributed by atoms with E-state index in [1.807, 2.05) is 18.7 Å². The van der Waals surface area contributed by atoms with Crippen molar-refractivity contribution in [3.8, 4) is 0 Å². The Balaban J connectivity index is 2.67. The fourth-order valence-electron chi connectivity index (χ4n) is 2.08. The van der Waals surface area contributed by atoms with Gasteiger partial charge in [-0.25, -0.2) is 0 Å². The Morgan fingerprint density at radius 1 is 1.40 bits per heavy atom. The van der Waals surface area contributed by atoms with Crippen molar-refractivity contribution in [2.75, 3.05) is 0 Å². The van der Waals surface area contributed by atoms with E-state index in [1.54, 1.807) is 0 Å². The smallest absolute Gasteiger partial charge is 0.0597 e. The molecule has 0 radical (unpaired) electrons. The zero-order chi connectivity index (χ0) is 11.4. The summed E-state index contributed by atoms with van der Waals surface area (Å²) >= 11 is 0. The molecule has 0 bridgehead atoms. The molecule has 0 aromatic carbocycles. The standard InChI is InChI=1S/C12H23N3/c1-5-10(6-2)8-11(13)12-7-9(3)14-15(12)4/h7,10-11H,5-6,8,13H2,1-4H3. The van der Waals surface area contributed by atoms with Crippen molar-refractivity contribution < 1.29 is 0 Å². The molecule has 0 saturated carbocycles. The largest absolute Gasteiger partial charge is 0.323 e.